The number of rotatable bonds is 4. The second-order valence-electron chi connectivity index (χ2n) is 2.93. The first-order chi connectivity index (χ1) is 6.24. The Morgan fingerprint density at radius 1 is 1.46 bits per heavy atom. The van der Waals surface area contributed by atoms with Crippen LogP contribution in [0.1, 0.15) is 6.92 Å². The molecule has 1 atom stereocenters. The van der Waals surface area contributed by atoms with Crippen LogP contribution in [-0.4, -0.2) is 24.9 Å². The Kier molecular flexibility index (Phi) is 3.58. The predicted octanol–water partition coefficient (Wildman–Crippen LogP) is 1.49. The standard InChI is InChI=1S/C10H15NO2/c1-8(12)7-11-9-5-3-4-6-10(9)13-2/h3-6,8,11-12H,7H2,1-2H3/t8-/m1/s1. The summed E-state index contributed by atoms with van der Waals surface area (Å²) in [4.78, 5) is 0. The smallest absolute Gasteiger partial charge is 0.141 e. The van der Waals surface area contributed by atoms with Crippen LogP contribution >= 0.6 is 0 Å². The van der Waals surface area contributed by atoms with Gasteiger partial charge in [0.25, 0.3) is 0 Å². The molecule has 3 nitrogen and oxygen atoms in total. The quantitative estimate of drug-likeness (QED) is 0.739. The van der Waals surface area contributed by atoms with E-state index >= 15 is 0 Å². The molecular weight excluding hydrogens is 166 g/mol. The van der Waals surface area contributed by atoms with Crippen molar-refractivity contribution in [2.24, 2.45) is 0 Å². The summed E-state index contributed by atoms with van der Waals surface area (Å²) in [5.74, 6) is 0.795. The Morgan fingerprint density at radius 2 is 2.15 bits per heavy atom. The van der Waals surface area contributed by atoms with Crippen LogP contribution in [0.25, 0.3) is 0 Å². The van der Waals surface area contributed by atoms with Crippen molar-refractivity contribution in [2.75, 3.05) is 19.0 Å². The Hall–Kier alpha value is -1.22. The zero-order valence-electron chi connectivity index (χ0n) is 7.95. The third-order valence-electron chi connectivity index (χ3n) is 1.69. The third-order valence-corrected chi connectivity index (χ3v) is 1.69. The minimum absolute atomic E-state index is 0.357. The molecule has 1 aromatic carbocycles. The van der Waals surface area contributed by atoms with Gasteiger partial charge in [-0.3, -0.25) is 0 Å². The van der Waals surface area contributed by atoms with E-state index in [1.54, 1.807) is 14.0 Å². The summed E-state index contributed by atoms with van der Waals surface area (Å²) in [5.41, 5.74) is 0.908. The van der Waals surface area contributed by atoms with Gasteiger partial charge in [-0.25, -0.2) is 0 Å². The molecule has 2 N–H and O–H groups in total. The number of methoxy groups -OCH3 is 1. The largest absolute Gasteiger partial charge is 0.495 e. The van der Waals surface area contributed by atoms with E-state index in [2.05, 4.69) is 5.32 Å². The number of anilines is 1. The number of para-hydroxylation sites is 2. The van der Waals surface area contributed by atoms with Crippen LogP contribution in [0.2, 0.25) is 0 Å². The topological polar surface area (TPSA) is 41.5 Å². The molecular formula is C10H15NO2. The molecule has 0 radical (unpaired) electrons. The fourth-order valence-electron chi connectivity index (χ4n) is 1.05. The highest BCUT2D eigenvalue weighted by Crippen LogP contribution is 2.22. The molecule has 0 amide bonds. The summed E-state index contributed by atoms with van der Waals surface area (Å²) in [6.07, 6.45) is -0.357. The summed E-state index contributed by atoms with van der Waals surface area (Å²) in [7, 11) is 1.63. The molecule has 0 saturated carbocycles. The zero-order chi connectivity index (χ0) is 9.68. The first-order valence-corrected chi connectivity index (χ1v) is 4.29. The highest BCUT2D eigenvalue weighted by atomic mass is 16.5. The highest BCUT2D eigenvalue weighted by molar-refractivity contribution is 5.56. The summed E-state index contributed by atoms with van der Waals surface area (Å²) in [6, 6.07) is 7.63. The maximum atomic E-state index is 9.07. The van der Waals surface area contributed by atoms with Crippen molar-refractivity contribution < 1.29 is 9.84 Å². The zero-order valence-corrected chi connectivity index (χ0v) is 7.95. The van der Waals surface area contributed by atoms with Crippen LogP contribution in [0.4, 0.5) is 5.69 Å². The number of aliphatic hydroxyl groups is 1. The number of hydrogen-bond donors (Lipinski definition) is 2. The van der Waals surface area contributed by atoms with Gasteiger partial charge in [0.2, 0.25) is 0 Å². The van der Waals surface area contributed by atoms with Crippen molar-refractivity contribution in [3.05, 3.63) is 24.3 Å². The molecule has 13 heavy (non-hydrogen) atoms. The lowest BCUT2D eigenvalue weighted by Crippen LogP contribution is -2.15. The Bertz CT molecular complexity index is 261. The summed E-state index contributed by atoms with van der Waals surface area (Å²) >= 11 is 0. The van der Waals surface area contributed by atoms with Crippen LogP contribution in [-0.2, 0) is 0 Å². The fourth-order valence-corrected chi connectivity index (χ4v) is 1.05. The van der Waals surface area contributed by atoms with Crippen LogP contribution in [0.5, 0.6) is 5.75 Å². The van der Waals surface area contributed by atoms with E-state index in [1.165, 1.54) is 0 Å². The molecule has 0 unspecified atom stereocenters. The lowest BCUT2D eigenvalue weighted by molar-refractivity contribution is 0.208. The van der Waals surface area contributed by atoms with Crippen molar-refractivity contribution in [3.63, 3.8) is 0 Å². The summed E-state index contributed by atoms with van der Waals surface area (Å²) < 4.78 is 5.13. The minimum Gasteiger partial charge on any atom is -0.495 e. The van der Waals surface area contributed by atoms with Crippen LogP contribution in [0, 0.1) is 0 Å². The van der Waals surface area contributed by atoms with Crippen LogP contribution < -0.4 is 10.1 Å². The van der Waals surface area contributed by atoms with Gasteiger partial charge in [0.1, 0.15) is 5.75 Å². The monoisotopic (exact) mass is 181 g/mol. The second-order valence-corrected chi connectivity index (χ2v) is 2.93. The van der Waals surface area contributed by atoms with Gasteiger partial charge in [0, 0.05) is 6.54 Å². The normalized spacial score (nSPS) is 12.2. The molecule has 0 aliphatic rings. The molecule has 0 fully saturated rings. The van der Waals surface area contributed by atoms with E-state index in [1.807, 2.05) is 24.3 Å². The maximum Gasteiger partial charge on any atom is 0.141 e. The molecule has 72 valence electrons. The van der Waals surface area contributed by atoms with E-state index in [0.717, 1.165) is 11.4 Å². The van der Waals surface area contributed by atoms with E-state index in [-0.39, 0.29) is 6.10 Å². The molecule has 0 heterocycles. The van der Waals surface area contributed by atoms with Crippen molar-refractivity contribution >= 4 is 5.69 Å². The average Bonchev–Trinajstić information content (AvgIpc) is 2.15. The van der Waals surface area contributed by atoms with Crippen LogP contribution in [0.3, 0.4) is 0 Å². The van der Waals surface area contributed by atoms with Gasteiger partial charge >= 0.3 is 0 Å². The molecule has 0 bridgehead atoms. The molecule has 1 aromatic rings. The van der Waals surface area contributed by atoms with Gasteiger partial charge in [-0.2, -0.15) is 0 Å². The number of nitrogens with one attached hydrogen (secondary N) is 1. The lowest BCUT2D eigenvalue weighted by atomic mass is 10.3. The van der Waals surface area contributed by atoms with Crippen molar-refractivity contribution in [3.8, 4) is 5.75 Å². The van der Waals surface area contributed by atoms with Crippen molar-refractivity contribution in [1.82, 2.24) is 0 Å². The second kappa shape index (κ2) is 4.72. The third kappa shape index (κ3) is 2.95. The van der Waals surface area contributed by atoms with Gasteiger partial charge in [0.05, 0.1) is 18.9 Å². The molecule has 3 heteroatoms. The Morgan fingerprint density at radius 3 is 2.77 bits per heavy atom. The number of aliphatic hydroxyl groups excluding tert-OH is 1. The molecule has 1 rings (SSSR count). The van der Waals surface area contributed by atoms with Gasteiger partial charge in [0.15, 0.2) is 0 Å². The maximum absolute atomic E-state index is 9.07. The van der Waals surface area contributed by atoms with E-state index < -0.39 is 0 Å². The Labute approximate surface area is 78.3 Å². The van der Waals surface area contributed by atoms with Crippen molar-refractivity contribution in [2.45, 2.75) is 13.0 Å². The molecule has 0 aromatic heterocycles. The highest BCUT2D eigenvalue weighted by Gasteiger charge is 2.01. The van der Waals surface area contributed by atoms with Gasteiger partial charge < -0.3 is 15.2 Å². The van der Waals surface area contributed by atoms with E-state index in [9.17, 15) is 0 Å². The minimum atomic E-state index is -0.357. The number of ether oxygens (including phenoxy) is 1. The predicted molar refractivity (Wildman–Crippen MR) is 53.2 cm³/mol. The van der Waals surface area contributed by atoms with Gasteiger partial charge in [-0.15, -0.1) is 0 Å². The van der Waals surface area contributed by atoms with E-state index in [0.29, 0.717) is 6.54 Å². The van der Waals surface area contributed by atoms with Gasteiger partial charge in [-0.05, 0) is 19.1 Å². The number of benzene rings is 1. The van der Waals surface area contributed by atoms with Gasteiger partial charge in [-0.1, -0.05) is 12.1 Å². The summed E-state index contributed by atoms with van der Waals surface area (Å²) in [5, 5.41) is 12.2. The molecule has 0 spiro atoms. The lowest BCUT2D eigenvalue weighted by Gasteiger charge is -2.11. The van der Waals surface area contributed by atoms with E-state index in [4.69, 9.17) is 9.84 Å². The van der Waals surface area contributed by atoms with Crippen LogP contribution in [0.15, 0.2) is 24.3 Å². The Balaban J connectivity index is 2.64. The molecule has 0 aliphatic carbocycles. The summed E-state index contributed by atoms with van der Waals surface area (Å²) in [6.45, 7) is 2.27. The first-order valence-electron chi connectivity index (χ1n) is 4.29. The molecule has 0 aliphatic heterocycles. The van der Waals surface area contributed by atoms with Crippen molar-refractivity contribution in [1.29, 1.82) is 0 Å². The average molecular weight is 181 g/mol. The first kappa shape index (κ1) is 9.86. The fraction of sp³-hybridized carbons (Fsp3) is 0.400. The SMILES string of the molecule is COc1ccccc1NC[C@@H](C)O. The molecule has 0 saturated heterocycles. The number of hydrogen-bond acceptors (Lipinski definition) is 3.